The molecule has 342 valence electrons. The van der Waals surface area contributed by atoms with E-state index in [4.69, 9.17) is 9.47 Å². The van der Waals surface area contributed by atoms with Crippen molar-refractivity contribution in [2.75, 3.05) is 45.7 Å². The number of rotatable bonds is 37. The fourth-order valence-corrected chi connectivity index (χ4v) is 8.82. The highest BCUT2D eigenvalue weighted by molar-refractivity contribution is 7.17. The number of nitrogens with zero attached hydrogens (tertiary/aromatic N) is 2. The van der Waals surface area contributed by atoms with Crippen LogP contribution in [0.25, 0.3) is 0 Å². The molecule has 0 aliphatic carbocycles. The number of thiophene rings is 1. The molecular weight excluding hydrogens is 771 g/mol. The molecule has 0 unspecified atom stereocenters. The van der Waals surface area contributed by atoms with Gasteiger partial charge in [-0.2, -0.15) is 0 Å². The van der Waals surface area contributed by atoms with Gasteiger partial charge in [-0.3, -0.25) is 14.4 Å². The normalized spacial score (nSPS) is 12.8. The summed E-state index contributed by atoms with van der Waals surface area (Å²) in [5.74, 6) is -0.486. The van der Waals surface area contributed by atoms with Gasteiger partial charge < -0.3 is 24.6 Å². The zero-order chi connectivity index (χ0) is 43.5. The zero-order valence-corrected chi connectivity index (χ0v) is 39.4. The number of hydrogen-bond donors (Lipinski definition) is 1. The molecule has 0 atom stereocenters. The van der Waals surface area contributed by atoms with Crippen LogP contribution in [0, 0.1) is 0 Å². The van der Waals surface area contributed by atoms with Crippen LogP contribution in [0.4, 0.5) is 5.00 Å². The lowest BCUT2D eigenvalue weighted by atomic mass is 10.0. The third kappa shape index (κ3) is 25.7. The van der Waals surface area contributed by atoms with E-state index in [0.717, 1.165) is 100 Å². The highest BCUT2D eigenvalue weighted by Gasteiger charge is 2.31. The second-order valence-corrected chi connectivity index (χ2v) is 18.2. The van der Waals surface area contributed by atoms with Gasteiger partial charge in [0.2, 0.25) is 11.8 Å². The van der Waals surface area contributed by atoms with Crippen molar-refractivity contribution in [1.82, 2.24) is 9.80 Å². The fourth-order valence-electron chi connectivity index (χ4n) is 7.55. The molecule has 2 rings (SSSR count). The summed E-state index contributed by atoms with van der Waals surface area (Å²) >= 11 is 1.41. The second kappa shape index (κ2) is 35.6. The Bertz CT molecular complexity index is 1370. The number of nitrogens with one attached hydrogen (secondary N) is 1. The minimum absolute atomic E-state index is 0.0825. The van der Waals surface area contributed by atoms with E-state index < -0.39 is 5.97 Å². The molecule has 0 bridgehead atoms. The van der Waals surface area contributed by atoms with Crippen LogP contribution in [0.5, 0.6) is 0 Å². The van der Waals surface area contributed by atoms with Crippen molar-refractivity contribution < 1.29 is 28.7 Å². The SMILES string of the molecule is CCCCC/C=C\C/C=C\CCCCCCCC(=O)Nc1sc2c(c1C(=O)OCCCN(C)C)CCN(C(=O)CCCCCCC(=O)OCCCCCCCCCCC)C2. The van der Waals surface area contributed by atoms with Crippen LogP contribution in [0.1, 0.15) is 214 Å². The molecule has 0 fully saturated rings. The summed E-state index contributed by atoms with van der Waals surface area (Å²) in [4.78, 5) is 56.9. The van der Waals surface area contributed by atoms with Gasteiger partial charge in [0.05, 0.1) is 25.3 Å². The second-order valence-electron chi connectivity index (χ2n) is 17.1. The van der Waals surface area contributed by atoms with Crippen LogP contribution >= 0.6 is 11.3 Å². The monoisotopic (exact) mass is 856 g/mol. The Morgan fingerprint density at radius 1 is 0.650 bits per heavy atom. The lowest BCUT2D eigenvalue weighted by Crippen LogP contribution is -2.35. The molecule has 2 amide bonds. The minimum Gasteiger partial charge on any atom is -0.466 e. The van der Waals surface area contributed by atoms with Crippen molar-refractivity contribution in [1.29, 1.82) is 0 Å². The summed E-state index contributed by atoms with van der Waals surface area (Å²) < 4.78 is 11.1. The predicted octanol–water partition coefficient (Wildman–Crippen LogP) is 12.9. The third-order valence-electron chi connectivity index (χ3n) is 11.2. The molecule has 0 radical (unpaired) electrons. The van der Waals surface area contributed by atoms with E-state index in [1.807, 2.05) is 19.0 Å². The Kier molecular flexibility index (Phi) is 31.5. The highest BCUT2D eigenvalue weighted by Crippen LogP contribution is 2.38. The summed E-state index contributed by atoms with van der Waals surface area (Å²) in [6.45, 7) is 7.10. The van der Waals surface area contributed by atoms with Gasteiger partial charge in [-0.05, 0) is 90.3 Å². The van der Waals surface area contributed by atoms with Gasteiger partial charge in [0.1, 0.15) is 5.00 Å². The summed E-state index contributed by atoms with van der Waals surface area (Å²) in [7, 11) is 3.98. The van der Waals surface area contributed by atoms with E-state index in [1.54, 1.807) is 0 Å². The molecule has 60 heavy (non-hydrogen) atoms. The molecule has 10 heteroatoms. The number of carbonyl (C=O) groups excluding carboxylic acids is 4. The largest absolute Gasteiger partial charge is 0.466 e. The highest BCUT2D eigenvalue weighted by atomic mass is 32.1. The topological polar surface area (TPSA) is 105 Å². The number of fused-ring (bicyclic) bond motifs is 1. The van der Waals surface area contributed by atoms with Crippen molar-refractivity contribution >= 4 is 40.1 Å². The number of ether oxygens (including phenoxy) is 2. The van der Waals surface area contributed by atoms with Crippen molar-refractivity contribution in [3.63, 3.8) is 0 Å². The van der Waals surface area contributed by atoms with E-state index in [0.29, 0.717) is 62.6 Å². The minimum atomic E-state index is -0.397. The van der Waals surface area contributed by atoms with E-state index in [1.165, 1.54) is 88.4 Å². The predicted molar refractivity (Wildman–Crippen MR) is 251 cm³/mol. The van der Waals surface area contributed by atoms with E-state index >= 15 is 0 Å². The standard InChI is InChI=1S/C50H85N3O6S/c1-5-7-9-11-13-15-16-17-18-19-20-21-23-25-29-34-45(54)51-49-48(50(57)59-41-33-38-52(3)4)43-37-39-53(42-44(43)60-49)46(55)35-30-26-27-31-36-47(56)58-40-32-28-24-22-14-12-10-8-6-2/h13,15,17-18H,5-12,14,16,19-42H2,1-4H3,(H,51,54)/b15-13-,18-17-. The number of esters is 2. The van der Waals surface area contributed by atoms with Gasteiger partial charge in [-0.1, -0.05) is 134 Å². The Balaban J connectivity index is 1.72. The van der Waals surface area contributed by atoms with Gasteiger partial charge in [-0.15, -0.1) is 11.3 Å². The van der Waals surface area contributed by atoms with Crippen LogP contribution in [-0.4, -0.2) is 74.0 Å². The average Bonchev–Trinajstić information content (AvgIpc) is 3.59. The van der Waals surface area contributed by atoms with Crippen LogP contribution in [0.3, 0.4) is 0 Å². The Labute approximate surface area is 369 Å². The fraction of sp³-hybridized carbons (Fsp3) is 0.760. The Morgan fingerprint density at radius 2 is 1.20 bits per heavy atom. The first-order valence-corrected chi connectivity index (χ1v) is 25.1. The maximum atomic E-state index is 13.5. The summed E-state index contributed by atoms with van der Waals surface area (Å²) in [6, 6.07) is 0. The number of allylic oxidation sites excluding steroid dienone is 4. The maximum Gasteiger partial charge on any atom is 0.341 e. The first kappa shape index (κ1) is 53.2. The van der Waals surface area contributed by atoms with Gasteiger partial charge in [0.15, 0.2) is 0 Å². The number of amides is 2. The lowest BCUT2D eigenvalue weighted by Gasteiger charge is -2.27. The van der Waals surface area contributed by atoms with E-state index in [9.17, 15) is 19.2 Å². The van der Waals surface area contributed by atoms with Crippen molar-refractivity contribution in [2.45, 2.75) is 207 Å². The number of carbonyl (C=O) groups is 4. The number of anilines is 1. The van der Waals surface area contributed by atoms with Crippen LogP contribution in [-0.2, 0) is 36.8 Å². The number of unbranched alkanes of at least 4 members (excludes halogenated alkanes) is 19. The van der Waals surface area contributed by atoms with Crippen LogP contribution in [0.15, 0.2) is 24.3 Å². The molecule has 0 aromatic carbocycles. The van der Waals surface area contributed by atoms with Gasteiger partial charge in [-0.25, -0.2) is 4.79 Å². The molecule has 1 aromatic rings. The zero-order valence-electron chi connectivity index (χ0n) is 38.6. The molecule has 9 nitrogen and oxygen atoms in total. The lowest BCUT2D eigenvalue weighted by molar-refractivity contribution is -0.144. The van der Waals surface area contributed by atoms with E-state index in [2.05, 4.69) is 48.4 Å². The average molecular weight is 856 g/mol. The summed E-state index contributed by atoms with van der Waals surface area (Å²) in [5.41, 5.74) is 1.37. The molecular formula is C50H85N3O6S. The summed E-state index contributed by atoms with van der Waals surface area (Å²) in [6.07, 6.45) is 38.7. The smallest absolute Gasteiger partial charge is 0.341 e. The van der Waals surface area contributed by atoms with Crippen LogP contribution in [0.2, 0.25) is 0 Å². The van der Waals surface area contributed by atoms with Crippen molar-refractivity contribution in [3.05, 3.63) is 40.3 Å². The third-order valence-corrected chi connectivity index (χ3v) is 12.4. The molecule has 2 heterocycles. The van der Waals surface area contributed by atoms with Crippen molar-refractivity contribution in [3.8, 4) is 0 Å². The number of hydrogen-bond acceptors (Lipinski definition) is 8. The van der Waals surface area contributed by atoms with Gasteiger partial charge >= 0.3 is 11.9 Å². The molecule has 0 saturated heterocycles. The Morgan fingerprint density at radius 3 is 1.87 bits per heavy atom. The molecule has 1 aromatic heterocycles. The Hall–Kier alpha value is -2.98. The van der Waals surface area contributed by atoms with Crippen LogP contribution < -0.4 is 5.32 Å². The quantitative estimate of drug-likeness (QED) is 0.0404. The molecule has 0 spiro atoms. The molecule has 1 aliphatic heterocycles. The first-order valence-electron chi connectivity index (χ1n) is 24.3. The van der Waals surface area contributed by atoms with E-state index in [-0.39, 0.29) is 17.8 Å². The van der Waals surface area contributed by atoms with Gasteiger partial charge in [0, 0.05) is 37.2 Å². The molecule has 0 saturated carbocycles. The molecule has 1 N–H and O–H groups in total. The first-order chi connectivity index (χ1) is 29.3. The molecule has 1 aliphatic rings. The maximum absolute atomic E-state index is 13.5. The van der Waals surface area contributed by atoms with Gasteiger partial charge in [0.25, 0.3) is 0 Å². The van der Waals surface area contributed by atoms with Crippen molar-refractivity contribution in [2.24, 2.45) is 0 Å². The summed E-state index contributed by atoms with van der Waals surface area (Å²) in [5, 5.41) is 3.61.